The highest BCUT2D eigenvalue weighted by atomic mass is 16.1. The minimum Gasteiger partial charge on any atom is -0.355 e. The topological polar surface area (TPSA) is 45.2 Å². The maximum Gasteiger partial charge on any atom is 0.227 e. The van der Waals surface area contributed by atoms with E-state index < -0.39 is 0 Å². The summed E-state index contributed by atoms with van der Waals surface area (Å²) in [7, 11) is 0. The molecule has 2 fully saturated rings. The second-order valence-corrected chi connectivity index (χ2v) is 5.19. The standard InChI is InChI=1S/C14H19N3O/c18-14(11-5-3-6-11)16-12-7-4-8-15-13(12)17-9-1-2-10-17/h4,7-8,11H,1-3,5-6,9-10H2,(H,16,18). The number of nitrogens with zero attached hydrogens (tertiary/aromatic N) is 2. The molecule has 1 N–H and O–H groups in total. The summed E-state index contributed by atoms with van der Waals surface area (Å²) >= 11 is 0. The first-order valence-corrected chi connectivity index (χ1v) is 6.85. The number of hydrogen-bond acceptors (Lipinski definition) is 3. The van der Waals surface area contributed by atoms with Crippen LogP contribution in [0.15, 0.2) is 18.3 Å². The van der Waals surface area contributed by atoms with Crippen molar-refractivity contribution in [3.8, 4) is 0 Å². The van der Waals surface area contributed by atoms with Crippen molar-refractivity contribution in [2.75, 3.05) is 23.3 Å². The summed E-state index contributed by atoms with van der Waals surface area (Å²) in [6.45, 7) is 2.09. The largest absolute Gasteiger partial charge is 0.355 e. The summed E-state index contributed by atoms with van der Waals surface area (Å²) in [4.78, 5) is 18.7. The van der Waals surface area contributed by atoms with Gasteiger partial charge in [-0.05, 0) is 37.8 Å². The van der Waals surface area contributed by atoms with Gasteiger partial charge in [0.25, 0.3) is 0 Å². The van der Waals surface area contributed by atoms with E-state index in [-0.39, 0.29) is 11.8 Å². The molecule has 1 aliphatic carbocycles. The Hall–Kier alpha value is -1.58. The van der Waals surface area contributed by atoms with E-state index in [9.17, 15) is 4.79 Å². The number of anilines is 2. The summed E-state index contributed by atoms with van der Waals surface area (Å²) in [6.07, 6.45) is 7.48. The van der Waals surface area contributed by atoms with Crippen LogP contribution in [0.4, 0.5) is 11.5 Å². The molecule has 1 saturated heterocycles. The first kappa shape index (κ1) is 11.5. The third-order valence-corrected chi connectivity index (χ3v) is 3.93. The molecule has 0 atom stereocenters. The summed E-state index contributed by atoms with van der Waals surface area (Å²) in [5.41, 5.74) is 0.872. The van der Waals surface area contributed by atoms with Gasteiger partial charge in [-0.2, -0.15) is 0 Å². The monoisotopic (exact) mass is 245 g/mol. The van der Waals surface area contributed by atoms with Gasteiger partial charge in [-0.3, -0.25) is 4.79 Å². The maximum atomic E-state index is 12.0. The van der Waals surface area contributed by atoms with Crippen molar-refractivity contribution in [2.24, 2.45) is 5.92 Å². The van der Waals surface area contributed by atoms with Gasteiger partial charge >= 0.3 is 0 Å². The van der Waals surface area contributed by atoms with Crippen LogP contribution in [-0.2, 0) is 4.79 Å². The van der Waals surface area contributed by atoms with Gasteiger partial charge in [0.1, 0.15) is 0 Å². The molecule has 3 rings (SSSR count). The van der Waals surface area contributed by atoms with Gasteiger partial charge in [0, 0.05) is 25.2 Å². The molecular weight excluding hydrogens is 226 g/mol. The van der Waals surface area contributed by atoms with Gasteiger partial charge in [-0.25, -0.2) is 4.98 Å². The number of nitrogens with one attached hydrogen (secondary N) is 1. The highest BCUT2D eigenvalue weighted by Crippen LogP contribution is 2.30. The van der Waals surface area contributed by atoms with E-state index in [0.717, 1.165) is 37.4 Å². The quantitative estimate of drug-likeness (QED) is 0.889. The molecule has 0 spiro atoms. The number of hydrogen-bond donors (Lipinski definition) is 1. The Morgan fingerprint density at radius 3 is 2.72 bits per heavy atom. The molecule has 0 unspecified atom stereocenters. The molecule has 2 aliphatic rings. The van der Waals surface area contributed by atoms with Crippen molar-refractivity contribution in [1.82, 2.24) is 4.98 Å². The fourth-order valence-electron chi connectivity index (χ4n) is 2.58. The van der Waals surface area contributed by atoms with E-state index >= 15 is 0 Å². The van der Waals surface area contributed by atoms with Gasteiger partial charge in [-0.15, -0.1) is 0 Å². The molecule has 0 bridgehead atoms. The first-order chi connectivity index (χ1) is 8.84. The van der Waals surface area contributed by atoms with Crippen molar-refractivity contribution in [3.63, 3.8) is 0 Å². The summed E-state index contributed by atoms with van der Waals surface area (Å²) in [5.74, 6) is 1.31. The Labute approximate surface area is 107 Å². The third kappa shape index (κ3) is 2.19. The zero-order chi connectivity index (χ0) is 12.4. The van der Waals surface area contributed by atoms with Crippen LogP contribution in [0.1, 0.15) is 32.1 Å². The van der Waals surface area contributed by atoms with E-state index in [1.54, 1.807) is 6.20 Å². The van der Waals surface area contributed by atoms with Crippen molar-refractivity contribution in [3.05, 3.63) is 18.3 Å². The van der Waals surface area contributed by atoms with Gasteiger partial charge in [0.2, 0.25) is 5.91 Å². The average molecular weight is 245 g/mol. The van der Waals surface area contributed by atoms with Crippen LogP contribution in [0.5, 0.6) is 0 Å². The summed E-state index contributed by atoms with van der Waals surface area (Å²) < 4.78 is 0. The first-order valence-electron chi connectivity index (χ1n) is 6.85. The van der Waals surface area contributed by atoms with Crippen LogP contribution in [0.25, 0.3) is 0 Å². The molecular formula is C14H19N3O. The lowest BCUT2D eigenvalue weighted by Gasteiger charge is -2.26. The van der Waals surface area contributed by atoms with Gasteiger partial charge in [0.05, 0.1) is 5.69 Å². The van der Waals surface area contributed by atoms with Crippen LogP contribution in [0.3, 0.4) is 0 Å². The predicted octanol–water partition coefficient (Wildman–Crippen LogP) is 2.42. The number of rotatable bonds is 3. The lowest BCUT2D eigenvalue weighted by atomic mass is 9.85. The number of pyridine rings is 1. The molecule has 1 aliphatic heterocycles. The molecule has 1 aromatic rings. The Kier molecular flexibility index (Phi) is 3.17. The second-order valence-electron chi connectivity index (χ2n) is 5.19. The number of aromatic nitrogens is 1. The number of carbonyl (C=O) groups excluding carboxylic acids is 1. The molecule has 96 valence electrons. The fourth-order valence-corrected chi connectivity index (χ4v) is 2.58. The third-order valence-electron chi connectivity index (χ3n) is 3.93. The van der Waals surface area contributed by atoms with Crippen LogP contribution in [0, 0.1) is 5.92 Å². The molecule has 1 amide bonds. The molecule has 0 radical (unpaired) electrons. The minimum atomic E-state index is 0.162. The van der Waals surface area contributed by atoms with Gasteiger partial charge in [-0.1, -0.05) is 6.42 Å². The highest BCUT2D eigenvalue weighted by Gasteiger charge is 2.26. The van der Waals surface area contributed by atoms with Gasteiger partial charge in [0.15, 0.2) is 5.82 Å². The van der Waals surface area contributed by atoms with Gasteiger partial charge < -0.3 is 10.2 Å². The zero-order valence-electron chi connectivity index (χ0n) is 10.6. The van der Waals surface area contributed by atoms with E-state index in [1.165, 1.54) is 19.3 Å². The van der Waals surface area contributed by atoms with Crippen molar-refractivity contribution >= 4 is 17.4 Å². The zero-order valence-corrected chi connectivity index (χ0v) is 10.6. The molecule has 0 aromatic carbocycles. The molecule has 2 heterocycles. The van der Waals surface area contributed by atoms with Crippen molar-refractivity contribution in [2.45, 2.75) is 32.1 Å². The van der Waals surface area contributed by atoms with Crippen molar-refractivity contribution in [1.29, 1.82) is 0 Å². The fraction of sp³-hybridized carbons (Fsp3) is 0.571. The van der Waals surface area contributed by atoms with E-state index in [2.05, 4.69) is 15.2 Å². The molecule has 4 nitrogen and oxygen atoms in total. The van der Waals surface area contributed by atoms with Crippen LogP contribution < -0.4 is 10.2 Å². The number of carbonyl (C=O) groups is 1. The Bertz CT molecular complexity index is 436. The lowest BCUT2D eigenvalue weighted by Crippen LogP contribution is -2.29. The van der Waals surface area contributed by atoms with E-state index in [0.29, 0.717) is 0 Å². The van der Waals surface area contributed by atoms with E-state index in [4.69, 9.17) is 0 Å². The van der Waals surface area contributed by atoms with Crippen LogP contribution in [-0.4, -0.2) is 24.0 Å². The molecule has 4 heteroatoms. The smallest absolute Gasteiger partial charge is 0.227 e. The summed E-state index contributed by atoms with van der Waals surface area (Å²) in [5, 5.41) is 3.05. The van der Waals surface area contributed by atoms with E-state index in [1.807, 2.05) is 12.1 Å². The molecule has 18 heavy (non-hydrogen) atoms. The highest BCUT2D eigenvalue weighted by molar-refractivity contribution is 5.95. The second kappa shape index (κ2) is 4.96. The van der Waals surface area contributed by atoms with Crippen molar-refractivity contribution < 1.29 is 4.79 Å². The summed E-state index contributed by atoms with van der Waals surface area (Å²) in [6, 6.07) is 3.84. The maximum absolute atomic E-state index is 12.0. The Morgan fingerprint density at radius 2 is 2.06 bits per heavy atom. The average Bonchev–Trinajstić information content (AvgIpc) is 2.80. The van der Waals surface area contributed by atoms with Crippen LogP contribution in [0.2, 0.25) is 0 Å². The lowest BCUT2D eigenvalue weighted by molar-refractivity contribution is -0.122. The normalized spacial score (nSPS) is 19.7. The Morgan fingerprint density at radius 1 is 1.28 bits per heavy atom. The minimum absolute atomic E-state index is 0.162. The molecule has 1 aromatic heterocycles. The van der Waals surface area contributed by atoms with Crippen LogP contribution >= 0.6 is 0 Å². The number of amides is 1. The predicted molar refractivity (Wildman–Crippen MR) is 71.7 cm³/mol. The SMILES string of the molecule is O=C(Nc1cccnc1N1CCCC1)C1CCC1. The molecule has 1 saturated carbocycles. The Balaban J connectivity index is 1.75.